The van der Waals surface area contributed by atoms with Gasteiger partial charge in [0.05, 0.1) is 19.8 Å². The Balaban J connectivity index is 1.55. The lowest BCUT2D eigenvalue weighted by atomic mass is 10.1. The van der Waals surface area contributed by atoms with Gasteiger partial charge in [-0.3, -0.25) is 14.7 Å². The minimum Gasteiger partial charge on any atom is -0.376 e. The molecule has 2 aromatic rings. The Labute approximate surface area is 127 Å². The highest BCUT2D eigenvalue weighted by Crippen LogP contribution is 2.21. The van der Waals surface area contributed by atoms with Crippen molar-refractivity contribution in [3.8, 4) is 0 Å². The van der Waals surface area contributed by atoms with Crippen molar-refractivity contribution >= 4 is 17.6 Å². The fourth-order valence-electron chi connectivity index (χ4n) is 2.24. The summed E-state index contributed by atoms with van der Waals surface area (Å²) in [7, 11) is 0. The van der Waals surface area contributed by atoms with Gasteiger partial charge in [-0.2, -0.15) is 5.10 Å². The lowest BCUT2D eigenvalue weighted by molar-refractivity contribution is -0.115. The van der Waals surface area contributed by atoms with E-state index in [0.717, 1.165) is 17.7 Å². The van der Waals surface area contributed by atoms with Crippen LogP contribution in [0.1, 0.15) is 21.6 Å². The second-order valence-corrected chi connectivity index (χ2v) is 4.93. The summed E-state index contributed by atoms with van der Waals surface area (Å²) >= 11 is 0. The maximum atomic E-state index is 11.9. The first-order valence-corrected chi connectivity index (χ1v) is 7.01. The number of fused-ring (bicyclic) bond motifs is 1. The van der Waals surface area contributed by atoms with Crippen molar-refractivity contribution in [2.24, 2.45) is 0 Å². The quantitative estimate of drug-likeness (QED) is 0.780. The Bertz CT molecular complexity index is 681. The molecule has 7 heteroatoms. The number of nitrogens with one attached hydrogen (secondary N) is 3. The molecular weight excluding hydrogens is 284 g/mol. The molecule has 3 N–H and O–H groups in total. The second-order valence-electron chi connectivity index (χ2n) is 4.93. The van der Waals surface area contributed by atoms with Crippen LogP contribution >= 0.6 is 0 Å². The molecular formula is C15H16N4O3. The third-order valence-corrected chi connectivity index (χ3v) is 3.40. The van der Waals surface area contributed by atoms with Crippen molar-refractivity contribution in [1.82, 2.24) is 15.5 Å². The summed E-state index contributed by atoms with van der Waals surface area (Å²) in [5, 5.41) is 12.2. The normalized spacial score (nSPS) is 13.3. The van der Waals surface area contributed by atoms with Crippen LogP contribution in [0.15, 0.2) is 30.3 Å². The Hall–Kier alpha value is -2.67. The fourth-order valence-corrected chi connectivity index (χ4v) is 2.24. The molecule has 0 radical (unpaired) electrons. The smallest absolute Gasteiger partial charge is 0.251 e. The van der Waals surface area contributed by atoms with E-state index in [1.165, 1.54) is 0 Å². The van der Waals surface area contributed by atoms with Crippen LogP contribution in [0, 0.1) is 0 Å². The van der Waals surface area contributed by atoms with Crippen LogP contribution in [0.2, 0.25) is 0 Å². The van der Waals surface area contributed by atoms with Crippen molar-refractivity contribution in [2.75, 3.05) is 18.5 Å². The van der Waals surface area contributed by atoms with Crippen LogP contribution in [0.4, 0.5) is 5.82 Å². The number of hydrogen-bond donors (Lipinski definition) is 3. The molecule has 0 fully saturated rings. The third-order valence-electron chi connectivity index (χ3n) is 3.40. The first-order valence-electron chi connectivity index (χ1n) is 7.01. The molecule has 1 aliphatic heterocycles. The van der Waals surface area contributed by atoms with E-state index in [1.54, 1.807) is 24.3 Å². The van der Waals surface area contributed by atoms with Crippen LogP contribution < -0.4 is 10.6 Å². The van der Waals surface area contributed by atoms with E-state index < -0.39 is 0 Å². The molecule has 3 rings (SSSR count). The van der Waals surface area contributed by atoms with E-state index in [0.29, 0.717) is 24.6 Å². The van der Waals surface area contributed by atoms with Gasteiger partial charge in [-0.15, -0.1) is 0 Å². The molecule has 0 unspecified atom stereocenters. The average Bonchev–Trinajstić information content (AvgIpc) is 2.97. The van der Waals surface area contributed by atoms with Gasteiger partial charge in [0.1, 0.15) is 0 Å². The van der Waals surface area contributed by atoms with E-state index in [9.17, 15) is 9.59 Å². The lowest BCUT2D eigenvalue weighted by Gasteiger charge is -2.12. The second kappa shape index (κ2) is 6.40. The SMILES string of the molecule is O=C(CNC(=O)c1ccccc1)Nc1n[nH]c2c1COCC2. The van der Waals surface area contributed by atoms with Gasteiger partial charge in [0.2, 0.25) is 5.91 Å². The van der Waals surface area contributed by atoms with Gasteiger partial charge in [0.25, 0.3) is 5.91 Å². The van der Waals surface area contributed by atoms with Gasteiger partial charge in [0, 0.05) is 23.2 Å². The molecule has 0 atom stereocenters. The summed E-state index contributed by atoms with van der Waals surface area (Å²) in [6, 6.07) is 8.74. The van der Waals surface area contributed by atoms with Crippen LogP contribution in [0.3, 0.4) is 0 Å². The number of carbonyl (C=O) groups is 2. The zero-order valence-electron chi connectivity index (χ0n) is 11.9. The molecule has 1 aromatic carbocycles. The highest BCUT2D eigenvalue weighted by molar-refractivity contribution is 5.99. The Morgan fingerprint density at radius 3 is 2.91 bits per heavy atom. The average molecular weight is 300 g/mol. The van der Waals surface area contributed by atoms with Gasteiger partial charge in [-0.05, 0) is 12.1 Å². The summed E-state index contributed by atoms with van der Waals surface area (Å²) in [5.74, 6) is -0.152. The number of aromatic amines is 1. The topological polar surface area (TPSA) is 96.1 Å². The molecule has 114 valence electrons. The molecule has 2 amide bonds. The molecule has 7 nitrogen and oxygen atoms in total. The monoisotopic (exact) mass is 300 g/mol. The van der Waals surface area contributed by atoms with Crippen LogP contribution in [0.25, 0.3) is 0 Å². The molecule has 22 heavy (non-hydrogen) atoms. The van der Waals surface area contributed by atoms with Gasteiger partial charge >= 0.3 is 0 Å². The predicted molar refractivity (Wildman–Crippen MR) is 79.4 cm³/mol. The molecule has 0 spiro atoms. The van der Waals surface area contributed by atoms with Crippen molar-refractivity contribution in [3.63, 3.8) is 0 Å². The van der Waals surface area contributed by atoms with Crippen molar-refractivity contribution < 1.29 is 14.3 Å². The molecule has 0 saturated carbocycles. The summed E-state index contributed by atoms with van der Waals surface area (Å²) in [6.45, 7) is 0.962. The highest BCUT2D eigenvalue weighted by atomic mass is 16.5. The van der Waals surface area contributed by atoms with E-state index in [2.05, 4.69) is 20.8 Å². The zero-order chi connectivity index (χ0) is 15.4. The van der Waals surface area contributed by atoms with Crippen LogP contribution in [-0.2, 0) is 22.6 Å². The number of hydrogen-bond acceptors (Lipinski definition) is 4. The van der Waals surface area contributed by atoms with Gasteiger partial charge in [-0.25, -0.2) is 0 Å². The number of rotatable bonds is 4. The number of nitrogens with zero attached hydrogens (tertiary/aromatic N) is 1. The van der Waals surface area contributed by atoms with Gasteiger partial charge in [-0.1, -0.05) is 18.2 Å². The minimum absolute atomic E-state index is 0.115. The first-order chi connectivity index (χ1) is 10.7. The standard InChI is InChI=1S/C15H16N4O3/c20-13(8-16-15(21)10-4-2-1-3-5-10)17-14-11-9-22-7-6-12(11)18-19-14/h1-5H,6-9H2,(H,16,21)(H2,17,18,19,20). The molecule has 2 heterocycles. The number of amides is 2. The number of anilines is 1. The predicted octanol–water partition coefficient (Wildman–Crippen LogP) is 0.851. The lowest BCUT2D eigenvalue weighted by Crippen LogP contribution is -2.33. The molecule has 1 aliphatic rings. The number of benzene rings is 1. The Morgan fingerprint density at radius 1 is 1.27 bits per heavy atom. The fraction of sp³-hybridized carbons (Fsp3) is 0.267. The molecule has 0 saturated heterocycles. The van der Waals surface area contributed by atoms with Crippen molar-refractivity contribution in [3.05, 3.63) is 47.2 Å². The number of ether oxygens (including phenoxy) is 1. The summed E-state index contributed by atoms with van der Waals surface area (Å²) in [5.41, 5.74) is 2.37. The van der Waals surface area contributed by atoms with Crippen LogP contribution in [0.5, 0.6) is 0 Å². The molecule has 1 aromatic heterocycles. The Kier molecular flexibility index (Phi) is 4.15. The summed E-state index contributed by atoms with van der Waals surface area (Å²) in [4.78, 5) is 23.8. The van der Waals surface area contributed by atoms with Crippen molar-refractivity contribution in [2.45, 2.75) is 13.0 Å². The van der Waals surface area contributed by atoms with Crippen LogP contribution in [-0.4, -0.2) is 35.2 Å². The number of carbonyl (C=O) groups excluding carboxylic acids is 2. The largest absolute Gasteiger partial charge is 0.376 e. The van der Waals surface area contributed by atoms with E-state index in [-0.39, 0.29) is 18.4 Å². The maximum Gasteiger partial charge on any atom is 0.251 e. The van der Waals surface area contributed by atoms with E-state index in [1.807, 2.05) is 6.07 Å². The van der Waals surface area contributed by atoms with Gasteiger partial charge < -0.3 is 15.4 Å². The summed E-state index contributed by atoms with van der Waals surface area (Å²) < 4.78 is 5.35. The minimum atomic E-state index is -0.329. The third kappa shape index (κ3) is 3.15. The zero-order valence-corrected chi connectivity index (χ0v) is 11.9. The van der Waals surface area contributed by atoms with Crippen molar-refractivity contribution in [1.29, 1.82) is 0 Å². The number of aromatic nitrogens is 2. The molecule has 0 bridgehead atoms. The number of H-pyrrole nitrogens is 1. The molecule has 0 aliphatic carbocycles. The van der Waals surface area contributed by atoms with E-state index in [4.69, 9.17) is 4.74 Å². The first kappa shape index (κ1) is 14.3. The Morgan fingerprint density at radius 2 is 2.09 bits per heavy atom. The maximum absolute atomic E-state index is 11.9. The summed E-state index contributed by atoms with van der Waals surface area (Å²) in [6.07, 6.45) is 0.753. The highest BCUT2D eigenvalue weighted by Gasteiger charge is 2.18. The van der Waals surface area contributed by atoms with E-state index >= 15 is 0 Å². The van der Waals surface area contributed by atoms with Gasteiger partial charge in [0.15, 0.2) is 5.82 Å².